The number of nitrogens with zero attached hydrogens (tertiary/aromatic N) is 2. The zero-order valence-electron chi connectivity index (χ0n) is 19.9. The fraction of sp³-hybridized carbons (Fsp3) is 0.360. The predicted molar refractivity (Wildman–Crippen MR) is 130 cm³/mol. The number of amides is 1. The average Bonchev–Trinajstić information content (AvgIpc) is 3.07. The molecule has 182 valence electrons. The van der Waals surface area contributed by atoms with Crippen molar-refractivity contribution in [3.8, 4) is 17.2 Å². The summed E-state index contributed by atoms with van der Waals surface area (Å²) in [5.41, 5.74) is 0.778. The summed E-state index contributed by atoms with van der Waals surface area (Å²) in [6.45, 7) is 3.05. The van der Waals surface area contributed by atoms with E-state index in [-0.39, 0.29) is 22.9 Å². The van der Waals surface area contributed by atoms with Crippen LogP contribution in [0, 0.1) is 0 Å². The number of carbonyl (C=O) groups is 2. The van der Waals surface area contributed by atoms with Gasteiger partial charge in [0.2, 0.25) is 0 Å². The smallest absolute Gasteiger partial charge is 0.295 e. The molecule has 8 nitrogen and oxygen atoms in total. The molecular weight excluding hydrogens is 460 g/mol. The molecule has 0 aromatic heterocycles. The van der Waals surface area contributed by atoms with Crippen molar-refractivity contribution in [1.29, 1.82) is 0 Å². The van der Waals surface area contributed by atoms with Gasteiger partial charge in [0.05, 0.1) is 37.5 Å². The number of halogens is 1. The fourth-order valence-electron chi connectivity index (χ4n) is 3.87. The molecule has 1 saturated heterocycles. The molecule has 9 heteroatoms. The first-order valence-corrected chi connectivity index (χ1v) is 11.2. The maximum Gasteiger partial charge on any atom is 0.295 e. The molecule has 1 fully saturated rings. The minimum atomic E-state index is -0.879. The Hall–Kier alpha value is -3.23. The third-order valence-electron chi connectivity index (χ3n) is 5.56. The molecular formula is C25H29ClN2O6. The fourth-order valence-corrected chi connectivity index (χ4v) is 4.11. The van der Waals surface area contributed by atoms with Crippen LogP contribution in [-0.4, -0.2) is 74.6 Å². The standard InChI is InChI=1S/C25H29ClN2O6/c1-6-34-20-9-7-15(13-18(20)26)23(29)21-22(17-14-16(32-4)8-10-19(17)33-5)28(12-11-27(2)3)25(31)24(21)30/h7-10,13-14,22,29H,6,11-12H2,1-5H3/t22-/m0/s1. The van der Waals surface area contributed by atoms with Gasteiger partial charge in [-0.15, -0.1) is 0 Å². The van der Waals surface area contributed by atoms with Crippen molar-refractivity contribution < 1.29 is 28.9 Å². The van der Waals surface area contributed by atoms with Crippen LogP contribution in [0.1, 0.15) is 24.1 Å². The summed E-state index contributed by atoms with van der Waals surface area (Å²) in [6, 6.07) is 8.97. The number of ether oxygens (including phenoxy) is 3. The molecule has 0 aliphatic carbocycles. The number of likely N-dealkylation sites (tertiary alicyclic amines) is 1. The van der Waals surface area contributed by atoms with Gasteiger partial charge in [-0.2, -0.15) is 0 Å². The highest BCUT2D eigenvalue weighted by Crippen LogP contribution is 2.44. The molecule has 1 heterocycles. The Bertz CT molecular complexity index is 1110. The molecule has 1 aliphatic heterocycles. The van der Waals surface area contributed by atoms with Crippen molar-refractivity contribution in [3.63, 3.8) is 0 Å². The molecule has 2 aromatic carbocycles. The zero-order chi connectivity index (χ0) is 25.0. The Labute approximate surface area is 204 Å². The highest BCUT2D eigenvalue weighted by Gasteiger charge is 2.47. The van der Waals surface area contributed by atoms with Crippen molar-refractivity contribution in [2.75, 3.05) is 48.0 Å². The summed E-state index contributed by atoms with van der Waals surface area (Å²) in [5, 5.41) is 11.5. The molecule has 1 aliphatic rings. The van der Waals surface area contributed by atoms with E-state index in [1.807, 2.05) is 25.9 Å². The number of aliphatic hydroxyl groups is 1. The number of likely N-dealkylation sites (N-methyl/N-ethyl adjacent to an activating group) is 1. The van der Waals surface area contributed by atoms with E-state index in [0.29, 0.717) is 41.5 Å². The average molecular weight is 489 g/mol. The molecule has 0 radical (unpaired) electrons. The van der Waals surface area contributed by atoms with E-state index in [0.717, 1.165) is 0 Å². The van der Waals surface area contributed by atoms with E-state index in [9.17, 15) is 14.7 Å². The van der Waals surface area contributed by atoms with Crippen LogP contribution in [0.4, 0.5) is 0 Å². The van der Waals surface area contributed by atoms with Crippen LogP contribution in [0.2, 0.25) is 5.02 Å². The highest BCUT2D eigenvalue weighted by molar-refractivity contribution is 6.46. The van der Waals surface area contributed by atoms with Crippen LogP contribution in [0.25, 0.3) is 5.76 Å². The second-order valence-electron chi connectivity index (χ2n) is 7.98. The summed E-state index contributed by atoms with van der Waals surface area (Å²) >= 11 is 6.31. The predicted octanol–water partition coefficient (Wildman–Crippen LogP) is 3.74. The van der Waals surface area contributed by atoms with Crippen molar-refractivity contribution in [1.82, 2.24) is 9.80 Å². The lowest BCUT2D eigenvalue weighted by molar-refractivity contribution is -0.140. The normalized spacial score (nSPS) is 17.4. The molecule has 1 N–H and O–H groups in total. The van der Waals surface area contributed by atoms with Crippen LogP contribution in [-0.2, 0) is 9.59 Å². The maximum absolute atomic E-state index is 13.2. The van der Waals surface area contributed by atoms with Crippen LogP contribution >= 0.6 is 11.6 Å². The number of carbonyl (C=O) groups excluding carboxylic acids is 2. The van der Waals surface area contributed by atoms with Gasteiger partial charge in [-0.05, 0) is 57.4 Å². The van der Waals surface area contributed by atoms with Crippen molar-refractivity contribution >= 4 is 29.1 Å². The summed E-state index contributed by atoms with van der Waals surface area (Å²) in [4.78, 5) is 29.7. The first kappa shape index (κ1) is 25.4. The van der Waals surface area contributed by atoms with E-state index in [1.165, 1.54) is 25.2 Å². The Kier molecular flexibility index (Phi) is 8.06. The van der Waals surface area contributed by atoms with E-state index >= 15 is 0 Å². The number of hydrogen-bond donors (Lipinski definition) is 1. The molecule has 34 heavy (non-hydrogen) atoms. The molecule has 0 bridgehead atoms. The maximum atomic E-state index is 13.2. The van der Waals surface area contributed by atoms with Crippen molar-refractivity contribution in [3.05, 3.63) is 58.1 Å². The lowest BCUT2D eigenvalue weighted by Gasteiger charge is -2.28. The van der Waals surface area contributed by atoms with Crippen LogP contribution < -0.4 is 14.2 Å². The Morgan fingerprint density at radius 1 is 1.09 bits per heavy atom. The lowest BCUT2D eigenvalue weighted by atomic mass is 9.94. The van der Waals surface area contributed by atoms with Gasteiger partial charge < -0.3 is 29.1 Å². The molecule has 1 amide bonds. The lowest BCUT2D eigenvalue weighted by Crippen LogP contribution is -2.35. The Balaban J connectivity index is 2.22. The zero-order valence-corrected chi connectivity index (χ0v) is 20.7. The minimum absolute atomic E-state index is 0.0458. The minimum Gasteiger partial charge on any atom is -0.507 e. The second kappa shape index (κ2) is 10.8. The summed E-state index contributed by atoms with van der Waals surface area (Å²) in [7, 11) is 6.78. The number of hydrogen-bond acceptors (Lipinski definition) is 7. The van der Waals surface area contributed by atoms with Crippen LogP contribution in [0.15, 0.2) is 42.0 Å². The molecule has 1 atom stereocenters. The largest absolute Gasteiger partial charge is 0.507 e. The van der Waals surface area contributed by atoms with E-state index in [4.69, 9.17) is 25.8 Å². The third-order valence-corrected chi connectivity index (χ3v) is 5.86. The van der Waals surface area contributed by atoms with Gasteiger partial charge in [-0.25, -0.2) is 0 Å². The van der Waals surface area contributed by atoms with Gasteiger partial charge >= 0.3 is 0 Å². The molecule has 0 unspecified atom stereocenters. The van der Waals surface area contributed by atoms with Crippen LogP contribution in [0.5, 0.6) is 17.2 Å². The summed E-state index contributed by atoms with van der Waals surface area (Å²) in [6.07, 6.45) is 0. The summed E-state index contributed by atoms with van der Waals surface area (Å²) < 4.78 is 16.4. The number of methoxy groups -OCH3 is 2. The molecule has 0 spiro atoms. The number of Topliss-reactive ketones (excluding diaryl/α,β-unsaturated/α-hetero) is 1. The number of rotatable bonds is 9. The van der Waals surface area contributed by atoms with Gasteiger partial charge in [0, 0.05) is 24.2 Å². The third kappa shape index (κ3) is 4.98. The van der Waals surface area contributed by atoms with E-state index in [1.54, 1.807) is 30.3 Å². The summed E-state index contributed by atoms with van der Waals surface area (Å²) in [5.74, 6) is -0.369. The topological polar surface area (TPSA) is 88.5 Å². The quantitative estimate of drug-likeness (QED) is 0.327. The van der Waals surface area contributed by atoms with Gasteiger partial charge in [0.25, 0.3) is 11.7 Å². The van der Waals surface area contributed by atoms with Gasteiger partial charge in [-0.3, -0.25) is 9.59 Å². The van der Waals surface area contributed by atoms with Gasteiger partial charge in [-0.1, -0.05) is 11.6 Å². The monoisotopic (exact) mass is 488 g/mol. The second-order valence-corrected chi connectivity index (χ2v) is 8.39. The van der Waals surface area contributed by atoms with Crippen molar-refractivity contribution in [2.24, 2.45) is 0 Å². The van der Waals surface area contributed by atoms with E-state index < -0.39 is 17.7 Å². The first-order chi connectivity index (χ1) is 16.2. The molecule has 3 rings (SSSR count). The molecule has 2 aromatic rings. The number of ketones is 1. The van der Waals surface area contributed by atoms with E-state index in [2.05, 4.69) is 0 Å². The number of aliphatic hydroxyl groups excluding tert-OH is 1. The Morgan fingerprint density at radius 2 is 1.79 bits per heavy atom. The van der Waals surface area contributed by atoms with Crippen LogP contribution in [0.3, 0.4) is 0 Å². The molecule has 0 saturated carbocycles. The van der Waals surface area contributed by atoms with Gasteiger partial charge in [0.1, 0.15) is 23.0 Å². The number of benzene rings is 2. The van der Waals surface area contributed by atoms with Gasteiger partial charge in [0.15, 0.2) is 0 Å². The highest BCUT2D eigenvalue weighted by atomic mass is 35.5. The first-order valence-electron chi connectivity index (χ1n) is 10.8. The van der Waals surface area contributed by atoms with Crippen molar-refractivity contribution in [2.45, 2.75) is 13.0 Å². The Morgan fingerprint density at radius 3 is 2.38 bits per heavy atom. The SMILES string of the molecule is CCOc1ccc(C(O)=C2C(=O)C(=O)N(CCN(C)C)[C@H]2c2cc(OC)ccc2OC)cc1Cl.